The molecular formula is C21H27N5O2. The number of hydrogen-bond acceptors (Lipinski definition) is 4. The number of aromatic nitrogens is 1. The molecule has 7 heteroatoms. The first kappa shape index (κ1) is 19.7. The van der Waals surface area contributed by atoms with E-state index < -0.39 is 6.03 Å². The number of nitrogens with two attached hydrogens (primary N) is 1. The lowest BCUT2D eigenvalue weighted by Crippen LogP contribution is -2.36. The third-order valence-corrected chi connectivity index (χ3v) is 4.84. The average Bonchev–Trinajstić information content (AvgIpc) is 2.64. The Labute approximate surface area is 164 Å². The molecule has 0 saturated carbocycles. The molecule has 3 rings (SSSR count). The summed E-state index contributed by atoms with van der Waals surface area (Å²) in [6.45, 7) is 4.10. The van der Waals surface area contributed by atoms with Gasteiger partial charge in [0.2, 0.25) is 0 Å². The van der Waals surface area contributed by atoms with Gasteiger partial charge in [0.25, 0.3) is 0 Å². The highest BCUT2D eigenvalue weighted by Crippen LogP contribution is 2.38. The topological polar surface area (TPSA) is 117 Å². The summed E-state index contributed by atoms with van der Waals surface area (Å²) in [4.78, 5) is 11.3. The van der Waals surface area contributed by atoms with E-state index in [1.807, 2.05) is 24.3 Å². The standard InChI is InChI=1S/C21H27N5O2/c1-13(2)11-20(23)26-12-14(7-10-19(26)22)28-18-9-8-17(25-21(24)27)15-5-3-4-6-16(15)18/h3-7,10,12-13,17-18,22-23H,8-9,11H2,1-2H3,(H3,24,25,27). The molecule has 0 spiro atoms. The fourth-order valence-corrected chi connectivity index (χ4v) is 3.62. The molecule has 2 aromatic rings. The number of ether oxygens (including phenoxy) is 1. The molecule has 0 aliphatic heterocycles. The van der Waals surface area contributed by atoms with Crippen LogP contribution in [0.4, 0.5) is 4.79 Å². The van der Waals surface area contributed by atoms with E-state index in [-0.39, 0.29) is 17.6 Å². The zero-order chi connectivity index (χ0) is 20.3. The van der Waals surface area contributed by atoms with Crippen LogP contribution >= 0.6 is 0 Å². The number of fused-ring (bicyclic) bond motifs is 1. The molecule has 1 heterocycles. The van der Waals surface area contributed by atoms with Crippen LogP contribution in [0.25, 0.3) is 0 Å². The molecule has 5 N–H and O–H groups in total. The summed E-state index contributed by atoms with van der Waals surface area (Å²) in [5.41, 5.74) is 7.60. The molecule has 2 amide bonds. The van der Waals surface area contributed by atoms with E-state index >= 15 is 0 Å². The van der Waals surface area contributed by atoms with E-state index in [1.165, 1.54) is 0 Å². The summed E-state index contributed by atoms with van der Waals surface area (Å²) in [5, 5.41) is 19.1. The molecule has 1 aromatic carbocycles. The minimum absolute atomic E-state index is 0.117. The summed E-state index contributed by atoms with van der Waals surface area (Å²) in [6, 6.07) is 10.6. The first-order valence-electron chi connectivity index (χ1n) is 9.51. The summed E-state index contributed by atoms with van der Waals surface area (Å²) >= 11 is 0. The molecule has 0 fully saturated rings. The molecule has 0 saturated heterocycles. The van der Waals surface area contributed by atoms with Crippen LogP contribution in [-0.2, 0) is 0 Å². The Bertz CT molecular complexity index is 934. The van der Waals surface area contributed by atoms with Gasteiger partial charge in [-0.25, -0.2) is 4.79 Å². The van der Waals surface area contributed by atoms with E-state index in [2.05, 4.69) is 19.2 Å². The van der Waals surface area contributed by atoms with Gasteiger partial charge in [0, 0.05) is 6.42 Å². The fraction of sp³-hybridized carbons (Fsp3) is 0.381. The Balaban J connectivity index is 1.85. The van der Waals surface area contributed by atoms with Crippen molar-refractivity contribution >= 4 is 11.9 Å². The highest BCUT2D eigenvalue weighted by atomic mass is 16.5. The van der Waals surface area contributed by atoms with E-state index in [1.54, 1.807) is 22.9 Å². The highest BCUT2D eigenvalue weighted by Gasteiger charge is 2.29. The summed E-state index contributed by atoms with van der Waals surface area (Å²) in [7, 11) is 0. The van der Waals surface area contributed by atoms with Crippen molar-refractivity contribution in [3.63, 3.8) is 0 Å². The van der Waals surface area contributed by atoms with Crippen molar-refractivity contribution in [2.24, 2.45) is 11.7 Å². The van der Waals surface area contributed by atoms with Crippen LogP contribution in [0.2, 0.25) is 0 Å². The minimum atomic E-state index is -0.532. The van der Waals surface area contributed by atoms with E-state index in [0.29, 0.717) is 23.9 Å². The van der Waals surface area contributed by atoms with Gasteiger partial charge < -0.3 is 15.8 Å². The van der Waals surface area contributed by atoms with Crippen LogP contribution in [0.3, 0.4) is 0 Å². The number of pyridine rings is 1. The Kier molecular flexibility index (Phi) is 5.82. The summed E-state index contributed by atoms with van der Waals surface area (Å²) < 4.78 is 7.80. The molecule has 0 bridgehead atoms. The maximum atomic E-state index is 11.3. The number of nitrogens with one attached hydrogen (secondary N) is 3. The Morgan fingerprint density at radius 1 is 1.25 bits per heavy atom. The van der Waals surface area contributed by atoms with Crippen LogP contribution in [0.15, 0.2) is 42.6 Å². The number of rotatable bonds is 5. The fourth-order valence-electron chi connectivity index (χ4n) is 3.62. The number of urea groups is 1. The number of hydrogen-bond donors (Lipinski definition) is 4. The van der Waals surface area contributed by atoms with Crippen LogP contribution in [0.1, 0.15) is 56.4 Å². The number of primary amides is 1. The summed E-state index contributed by atoms with van der Waals surface area (Å²) in [5.74, 6) is 1.33. The predicted molar refractivity (Wildman–Crippen MR) is 107 cm³/mol. The van der Waals surface area contributed by atoms with Gasteiger partial charge in [0.15, 0.2) is 0 Å². The van der Waals surface area contributed by atoms with Gasteiger partial charge in [-0.2, -0.15) is 0 Å². The monoisotopic (exact) mass is 381 g/mol. The van der Waals surface area contributed by atoms with Crippen molar-refractivity contribution in [1.29, 1.82) is 10.8 Å². The van der Waals surface area contributed by atoms with Gasteiger partial charge in [0.1, 0.15) is 23.2 Å². The molecule has 2 unspecified atom stereocenters. The lowest BCUT2D eigenvalue weighted by atomic mass is 9.85. The lowest BCUT2D eigenvalue weighted by molar-refractivity contribution is 0.171. The first-order valence-corrected chi connectivity index (χ1v) is 9.51. The largest absolute Gasteiger partial charge is 0.484 e. The molecular weight excluding hydrogens is 354 g/mol. The molecule has 148 valence electrons. The second kappa shape index (κ2) is 8.29. The van der Waals surface area contributed by atoms with Gasteiger partial charge in [0.05, 0.1) is 12.2 Å². The SMILES string of the molecule is CC(C)CC(=N)n1cc(OC2CCC(NC(N)=O)c3ccccc32)ccc1=N. The maximum Gasteiger partial charge on any atom is 0.312 e. The second-order valence-electron chi connectivity index (χ2n) is 7.54. The van der Waals surface area contributed by atoms with Gasteiger partial charge in [-0.15, -0.1) is 0 Å². The quantitative estimate of drug-likeness (QED) is 0.469. The van der Waals surface area contributed by atoms with Gasteiger partial charge in [-0.05, 0) is 42.0 Å². The van der Waals surface area contributed by atoms with Crippen LogP contribution < -0.4 is 21.3 Å². The molecule has 1 aromatic heterocycles. The Hall–Kier alpha value is -3.09. The third-order valence-electron chi connectivity index (χ3n) is 4.84. The van der Waals surface area contributed by atoms with E-state index in [0.717, 1.165) is 24.0 Å². The third kappa shape index (κ3) is 4.42. The predicted octanol–water partition coefficient (Wildman–Crippen LogP) is 3.46. The smallest absolute Gasteiger partial charge is 0.312 e. The number of amides is 2. The number of carbonyl (C=O) groups excluding carboxylic acids is 1. The van der Waals surface area contributed by atoms with Gasteiger partial charge >= 0.3 is 6.03 Å². The molecule has 1 aliphatic carbocycles. The maximum absolute atomic E-state index is 11.3. The Morgan fingerprint density at radius 2 is 1.96 bits per heavy atom. The van der Waals surface area contributed by atoms with E-state index in [4.69, 9.17) is 21.3 Å². The van der Waals surface area contributed by atoms with Gasteiger partial charge in [-0.3, -0.25) is 15.4 Å². The Morgan fingerprint density at radius 3 is 2.64 bits per heavy atom. The molecule has 0 radical (unpaired) electrons. The number of benzene rings is 1. The molecule has 1 aliphatic rings. The zero-order valence-corrected chi connectivity index (χ0v) is 16.2. The van der Waals surface area contributed by atoms with Crippen molar-refractivity contribution in [1.82, 2.24) is 9.88 Å². The van der Waals surface area contributed by atoms with Crippen molar-refractivity contribution in [3.05, 3.63) is 59.2 Å². The van der Waals surface area contributed by atoms with Crippen molar-refractivity contribution in [2.45, 2.75) is 45.3 Å². The second-order valence-corrected chi connectivity index (χ2v) is 7.54. The van der Waals surface area contributed by atoms with Crippen molar-refractivity contribution < 1.29 is 9.53 Å². The average molecular weight is 381 g/mol. The van der Waals surface area contributed by atoms with Crippen LogP contribution in [0, 0.1) is 16.7 Å². The zero-order valence-electron chi connectivity index (χ0n) is 16.2. The molecule has 28 heavy (non-hydrogen) atoms. The van der Waals surface area contributed by atoms with Crippen molar-refractivity contribution in [3.8, 4) is 5.75 Å². The molecule has 2 atom stereocenters. The van der Waals surface area contributed by atoms with Crippen LogP contribution in [0.5, 0.6) is 5.75 Å². The summed E-state index contributed by atoms with van der Waals surface area (Å²) in [6.07, 6.45) is 3.60. The first-order chi connectivity index (χ1) is 13.3. The lowest BCUT2D eigenvalue weighted by Gasteiger charge is -2.32. The van der Waals surface area contributed by atoms with E-state index in [9.17, 15) is 4.79 Å². The minimum Gasteiger partial charge on any atom is -0.484 e. The molecule has 7 nitrogen and oxygen atoms in total. The normalized spacial score (nSPS) is 18.4. The number of nitrogens with zero attached hydrogens (tertiary/aromatic N) is 1. The number of carbonyl (C=O) groups is 1. The van der Waals surface area contributed by atoms with Crippen LogP contribution in [-0.4, -0.2) is 16.4 Å². The highest BCUT2D eigenvalue weighted by molar-refractivity contribution is 5.81. The van der Waals surface area contributed by atoms with Gasteiger partial charge in [-0.1, -0.05) is 38.1 Å². The van der Waals surface area contributed by atoms with Crippen molar-refractivity contribution in [2.75, 3.05) is 0 Å².